The fraction of sp³-hybridized carbons (Fsp3) is 0.250. The monoisotopic (exact) mass is 264 g/mol. The van der Waals surface area contributed by atoms with E-state index in [2.05, 4.69) is 15.1 Å². The minimum absolute atomic E-state index is 0.0592. The van der Waals surface area contributed by atoms with Gasteiger partial charge >= 0.3 is 0 Å². The summed E-state index contributed by atoms with van der Waals surface area (Å²) in [7, 11) is 1.52. The first kappa shape index (κ1) is 12.6. The van der Waals surface area contributed by atoms with Gasteiger partial charge in [-0.1, -0.05) is 22.8 Å². The van der Waals surface area contributed by atoms with Crippen molar-refractivity contribution in [3.8, 4) is 0 Å². The molecular formula is C12H13ClN4O. The molecule has 94 valence electrons. The topological polar surface area (TPSA) is 52.3 Å². The van der Waals surface area contributed by atoms with E-state index in [4.69, 9.17) is 16.4 Å². The number of imidazole rings is 1. The lowest BCUT2D eigenvalue weighted by Crippen LogP contribution is -2.10. The molecule has 1 atom stereocenters. The Kier molecular flexibility index (Phi) is 4.30. The minimum atomic E-state index is 0.0592. The Labute approximate surface area is 110 Å². The van der Waals surface area contributed by atoms with Gasteiger partial charge in [0.05, 0.1) is 12.5 Å². The summed E-state index contributed by atoms with van der Waals surface area (Å²) in [4.78, 5) is 12.8. The molecule has 1 unspecified atom stereocenters. The van der Waals surface area contributed by atoms with Crippen LogP contribution in [0.3, 0.4) is 0 Å². The first-order valence-electron chi connectivity index (χ1n) is 5.43. The third-order valence-corrected chi connectivity index (χ3v) is 2.71. The van der Waals surface area contributed by atoms with E-state index in [1.165, 1.54) is 7.11 Å². The van der Waals surface area contributed by atoms with Crippen LogP contribution in [-0.2, 0) is 11.4 Å². The molecule has 0 spiro atoms. The molecule has 0 bridgehead atoms. The van der Waals surface area contributed by atoms with Crippen LogP contribution in [0, 0.1) is 0 Å². The van der Waals surface area contributed by atoms with Crippen LogP contribution in [0.25, 0.3) is 0 Å². The highest BCUT2D eigenvalue weighted by molar-refractivity contribution is 6.29. The average molecular weight is 265 g/mol. The number of hydrogen-bond acceptors (Lipinski definition) is 4. The second-order valence-electron chi connectivity index (χ2n) is 3.72. The summed E-state index contributed by atoms with van der Waals surface area (Å²) < 4.78 is 1.97. The number of rotatable bonds is 5. The Hall–Kier alpha value is -1.88. The van der Waals surface area contributed by atoms with E-state index < -0.39 is 0 Å². The van der Waals surface area contributed by atoms with Gasteiger partial charge in [-0.05, 0) is 11.6 Å². The van der Waals surface area contributed by atoms with E-state index in [1.807, 2.05) is 16.8 Å². The molecular weight excluding hydrogens is 252 g/mol. The number of hydrogen-bond donors (Lipinski definition) is 0. The zero-order valence-electron chi connectivity index (χ0n) is 9.90. The van der Waals surface area contributed by atoms with Crippen LogP contribution in [0.15, 0.2) is 42.2 Å². The predicted octanol–water partition coefficient (Wildman–Crippen LogP) is 2.35. The fourth-order valence-corrected chi connectivity index (χ4v) is 1.71. The third-order valence-electron chi connectivity index (χ3n) is 2.49. The van der Waals surface area contributed by atoms with Crippen molar-refractivity contribution in [3.05, 3.63) is 47.8 Å². The molecule has 0 aliphatic rings. The molecule has 2 aromatic heterocycles. The van der Waals surface area contributed by atoms with E-state index in [0.717, 1.165) is 12.1 Å². The number of aromatic nitrogens is 3. The molecule has 2 heterocycles. The molecule has 0 aliphatic carbocycles. The van der Waals surface area contributed by atoms with E-state index >= 15 is 0 Å². The summed E-state index contributed by atoms with van der Waals surface area (Å²) in [6.45, 7) is 0.718. The Bertz CT molecular complexity index is 495. The Morgan fingerprint density at radius 3 is 3.06 bits per heavy atom. The van der Waals surface area contributed by atoms with Crippen molar-refractivity contribution in [2.24, 2.45) is 5.16 Å². The first-order chi connectivity index (χ1) is 8.79. The summed E-state index contributed by atoms with van der Waals surface area (Å²) in [5.74, 6) is 0.0592. The van der Waals surface area contributed by atoms with Crippen molar-refractivity contribution >= 4 is 17.8 Å². The summed E-state index contributed by atoms with van der Waals surface area (Å²) in [6, 6.07) is 3.69. The maximum atomic E-state index is 5.78. The number of pyridine rings is 1. The van der Waals surface area contributed by atoms with Gasteiger partial charge in [-0.15, -0.1) is 0 Å². The van der Waals surface area contributed by atoms with Gasteiger partial charge < -0.3 is 9.40 Å². The van der Waals surface area contributed by atoms with Crippen LogP contribution >= 0.6 is 11.6 Å². The van der Waals surface area contributed by atoms with Gasteiger partial charge in [0.1, 0.15) is 12.3 Å². The van der Waals surface area contributed by atoms with Crippen LogP contribution in [0.1, 0.15) is 11.5 Å². The van der Waals surface area contributed by atoms with Gasteiger partial charge in [0, 0.05) is 31.1 Å². The molecule has 0 fully saturated rings. The highest BCUT2D eigenvalue weighted by atomic mass is 35.5. The van der Waals surface area contributed by atoms with Gasteiger partial charge in [0.15, 0.2) is 0 Å². The number of halogens is 1. The van der Waals surface area contributed by atoms with Crippen molar-refractivity contribution in [2.45, 2.75) is 12.5 Å². The molecule has 0 aromatic carbocycles. The van der Waals surface area contributed by atoms with Gasteiger partial charge in [-0.2, -0.15) is 0 Å². The lowest BCUT2D eigenvalue weighted by molar-refractivity contribution is 0.214. The lowest BCUT2D eigenvalue weighted by atomic mass is 10.0. The maximum absolute atomic E-state index is 5.78. The summed E-state index contributed by atoms with van der Waals surface area (Å²) in [5, 5.41) is 4.31. The zero-order valence-corrected chi connectivity index (χ0v) is 10.7. The normalized spacial score (nSPS) is 12.8. The van der Waals surface area contributed by atoms with Crippen molar-refractivity contribution in [2.75, 3.05) is 7.11 Å². The standard InChI is InChI=1S/C12H13ClN4O/c1-18-16-7-11(8-17-5-4-14-9-17)10-2-3-12(13)15-6-10/h2-7,9,11H,8H2,1H3. The molecule has 0 aliphatic heterocycles. The molecule has 2 aromatic rings. The predicted molar refractivity (Wildman–Crippen MR) is 69.7 cm³/mol. The molecule has 5 nitrogen and oxygen atoms in total. The molecule has 2 rings (SSSR count). The average Bonchev–Trinajstić information content (AvgIpc) is 2.88. The molecule has 0 amide bonds. The molecule has 18 heavy (non-hydrogen) atoms. The fourth-order valence-electron chi connectivity index (χ4n) is 1.60. The van der Waals surface area contributed by atoms with Crippen LogP contribution < -0.4 is 0 Å². The summed E-state index contributed by atoms with van der Waals surface area (Å²) in [5.41, 5.74) is 1.02. The summed E-state index contributed by atoms with van der Waals surface area (Å²) >= 11 is 5.78. The van der Waals surface area contributed by atoms with Crippen molar-refractivity contribution < 1.29 is 4.84 Å². The van der Waals surface area contributed by atoms with Crippen molar-refractivity contribution in [1.82, 2.24) is 14.5 Å². The quantitative estimate of drug-likeness (QED) is 0.473. The zero-order chi connectivity index (χ0) is 12.8. The molecule has 0 radical (unpaired) electrons. The molecule has 6 heteroatoms. The van der Waals surface area contributed by atoms with Gasteiger partial charge in [-0.25, -0.2) is 9.97 Å². The van der Waals surface area contributed by atoms with Crippen LogP contribution in [0.4, 0.5) is 0 Å². The number of oxime groups is 1. The van der Waals surface area contributed by atoms with Crippen LogP contribution in [0.2, 0.25) is 5.15 Å². The number of nitrogens with zero attached hydrogens (tertiary/aromatic N) is 4. The Morgan fingerprint density at radius 2 is 2.44 bits per heavy atom. The molecule has 0 N–H and O–H groups in total. The van der Waals surface area contributed by atoms with E-state index in [0.29, 0.717) is 5.15 Å². The SMILES string of the molecule is CON=CC(Cn1ccnc1)c1ccc(Cl)nc1. The van der Waals surface area contributed by atoms with E-state index in [9.17, 15) is 0 Å². The summed E-state index contributed by atoms with van der Waals surface area (Å²) in [6.07, 6.45) is 8.88. The van der Waals surface area contributed by atoms with Crippen molar-refractivity contribution in [3.63, 3.8) is 0 Å². The second kappa shape index (κ2) is 6.16. The van der Waals surface area contributed by atoms with Gasteiger partial charge in [0.2, 0.25) is 0 Å². The third kappa shape index (κ3) is 3.30. The Morgan fingerprint density at radius 1 is 1.56 bits per heavy atom. The van der Waals surface area contributed by atoms with Crippen LogP contribution in [0.5, 0.6) is 0 Å². The Balaban J connectivity index is 2.19. The smallest absolute Gasteiger partial charge is 0.129 e. The molecule has 0 saturated carbocycles. The van der Waals surface area contributed by atoms with E-state index in [1.54, 1.807) is 31.0 Å². The lowest BCUT2D eigenvalue weighted by Gasteiger charge is -2.12. The maximum Gasteiger partial charge on any atom is 0.129 e. The molecule has 0 saturated heterocycles. The van der Waals surface area contributed by atoms with Gasteiger partial charge in [-0.3, -0.25) is 0 Å². The highest BCUT2D eigenvalue weighted by Crippen LogP contribution is 2.17. The van der Waals surface area contributed by atoms with E-state index in [-0.39, 0.29) is 5.92 Å². The van der Waals surface area contributed by atoms with Crippen LogP contribution in [-0.4, -0.2) is 27.9 Å². The first-order valence-corrected chi connectivity index (χ1v) is 5.81. The second-order valence-corrected chi connectivity index (χ2v) is 4.10. The van der Waals surface area contributed by atoms with Gasteiger partial charge in [0.25, 0.3) is 0 Å². The highest BCUT2D eigenvalue weighted by Gasteiger charge is 2.10. The largest absolute Gasteiger partial charge is 0.399 e. The van der Waals surface area contributed by atoms with Crippen molar-refractivity contribution in [1.29, 1.82) is 0 Å². The minimum Gasteiger partial charge on any atom is -0.399 e.